The van der Waals surface area contributed by atoms with Gasteiger partial charge in [-0.05, 0) is 35.7 Å². The lowest BCUT2D eigenvalue weighted by Crippen LogP contribution is -2.37. The molecule has 2 aromatic rings. The zero-order valence-corrected chi connectivity index (χ0v) is 15.1. The second kappa shape index (κ2) is 7.17. The molecule has 0 saturated heterocycles. The second-order valence-electron chi connectivity index (χ2n) is 6.78. The number of nitrogens with zero attached hydrogens (tertiary/aromatic N) is 1. The van der Waals surface area contributed by atoms with Gasteiger partial charge >= 0.3 is 6.03 Å². The van der Waals surface area contributed by atoms with Gasteiger partial charge in [0.15, 0.2) is 0 Å². The van der Waals surface area contributed by atoms with Crippen LogP contribution in [0.25, 0.3) is 0 Å². The molecule has 3 rings (SSSR count). The number of hydrogen-bond acceptors (Lipinski definition) is 3. The average Bonchev–Trinajstić information content (AvgIpc) is 2.92. The maximum atomic E-state index is 12.5. The molecule has 0 aliphatic heterocycles. The predicted molar refractivity (Wildman–Crippen MR) is 100 cm³/mol. The zero-order valence-electron chi connectivity index (χ0n) is 15.1. The summed E-state index contributed by atoms with van der Waals surface area (Å²) in [7, 11) is 3.36. The number of hydrogen-bond donors (Lipinski definition) is 3. The number of fused-ring (bicyclic) bond motifs is 1. The quantitative estimate of drug-likeness (QED) is 0.793. The molecule has 2 atom stereocenters. The van der Waals surface area contributed by atoms with Crippen molar-refractivity contribution in [3.8, 4) is 0 Å². The van der Waals surface area contributed by atoms with Crippen molar-refractivity contribution in [1.82, 2.24) is 10.2 Å². The van der Waals surface area contributed by atoms with Crippen molar-refractivity contribution in [3.05, 3.63) is 64.7 Å². The van der Waals surface area contributed by atoms with Gasteiger partial charge in [-0.1, -0.05) is 30.3 Å². The average molecular weight is 353 g/mol. The SMILES string of the molecule is Cc1ccc(C(=O)N(C)C)cc1NC(=O)N[C@@H]1c2ccccc2C[C@@H]1O. The van der Waals surface area contributed by atoms with Gasteiger partial charge in [-0.25, -0.2) is 4.79 Å². The first-order valence-corrected chi connectivity index (χ1v) is 8.52. The molecule has 136 valence electrons. The molecule has 2 aromatic carbocycles. The number of anilines is 1. The standard InChI is InChI=1S/C20H23N3O3/c1-12-8-9-14(19(25)23(2)3)10-16(12)21-20(26)22-18-15-7-5-4-6-13(15)11-17(18)24/h4-10,17-18,24H,11H2,1-3H3,(H2,21,22,26)/t17-,18+/m0/s1. The molecule has 26 heavy (non-hydrogen) atoms. The van der Waals surface area contributed by atoms with Gasteiger partial charge in [-0.2, -0.15) is 0 Å². The Kier molecular flexibility index (Phi) is 4.95. The number of urea groups is 1. The molecule has 0 heterocycles. The summed E-state index contributed by atoms with van der Waals surface area (Å²) in [5, 5.41) is 15.9. The van der Waals surface area contributed by atoms with Crippen LogP contribution in [0.1, 0.15) is 33.1 Å². The largest absolute Gasteiger partial charge is 0.390 e. The van der Waals surface area contributed by atoms with E-state index in [0.29, 0.717) is 17.7 Å². The Morgan fingerprint density at radius 2 is 1.88 bits per heavy atom. The van der Waals surface area contributed by atoms with E-state index in [-0.39, 0.29) is 5.91 Å². The third kappa shape index (κ3) is 3.55. The van der Waals surface area contributed by atoms with Gasteiger partial charge in [-0.15, -0.1) is 0 Å². The molecule has 0 spiro atoms. The molecule has 0 fully saturated rings. The number of aliphatic hydroxyl groups excluding tert-OH is 1. The van der Waals surface area contributed by atoms with Crippen LogP contribution < -0.4 is 10.6 Å². The molecule has 0 bridgehead atoms. The first-order chi connectivity index (χ1) is 12.4. The minimum atomic E-state index is -0.652. The van der Waals surface area contributed by atoms with Crippen LogP contribution in [-0.2, 0) is 6.42 Å². The number of rotatable bonds is 3. The van der Waals surface area contributed by atoms with E-state index in [1.807, 2.05) is 31.2 Å². The number of aryl methyl sites for hydroxylation is 1. The van der Waals surface area contributed by atoms with Crippen molar-refractivity contribution in [3.63, 3.8) is 0 Å². The van der Waals surface area contributed by atoms with Gasteiger partial charge in [0.25, 0.3) is 5.91 Å². The van der Waals surface area contributed by atoms with E-state index < -0.39 is 18.2 Å². The summed E-state index contributed by atoms with van der Waals surface area (Å²) in [5.74, 6) is -0.131. The normalized spacial score (nSPS) is 18.2. The molecule has 3 amide bonds. The molecule has 3 N–H and O–H groups in total. The highest BCUT2D eigenvalue weighted by atomic mass is 16.3. The Labute approximate surface area is 152 Å². The van der Waals surface area contributed by atoms with Crippen LogP contribution in [0.5, 0.6) is 0 Å². The maximum Gasteiger partial charge on any atom is 0.319 e. The molecular formula is C20H23N3O3. The summed E-state index contributed by atoms with van der Waals surface area (Å²) in [6.07, 6.45) is -0.131. The summed E-state index contributed by atoms with van der Waals surface area (Å²) >= 11 is 0. The minimum Gasteiger partial charge on any atom is -0.390 e. The van der Waals surface area contributed by atoms with E-state index in [9.17, 15) is 14.7 Å². The fourth-order valence-electron chi connectivity index (χ4n) is 3.20. The molecule has 0 unspecified atom stereocenters. The summed E-state index contributed by atoms with van der Waals surface area (Å²) in [4.78, 5) is 26.1. The second-order valence-corrected chi connectivity index (χ2v) is 6.78. The van der Waals surface area contributed by atoms with E-state index in [4.69, 9.17) is 0 Å². The van der Waals surface area contributed by atoms with Crippen molar-refractivity contribution < 1.29 is 14.7 Å². The minimum absolute atomic E-state index is 0.131. The molecule has 6 heteroatoms. The molecular weight excluding hydrogens is 330 g/mol. The van der Waals surface area contributed by atoms with E-state index in [1.165, 1.54) is 4.90 Å². The molecule has 1 aliphatic carbocycles. The topological polar surface area (TPSA) is 81.7 Å². The Morgan fingerprint density at radius 3 is 2.62 bits per heavy atom. The third-order valence-electron chi connectivity index (χ3n) is 4.63. The van der Waals surface area contributed by atoms with Gasteiger partial charge in [0.05, 0.1) is 12.1 Å². The van der Waals surface area contributed by atoms with Crippen molar-refractivity contribution >= 4 is 17.6 Å². The van der Waals surface area contributed by atoms with Crippen LogP contribution in [0.3, 0.4) is 0 Å². The molecule has 0 saturated carbocycles. The smallest absolute Gasteiger partial charge is 0.319 e. The summed E-state index contributed by atoms with van der Waals surface area (Å²) in [6, 6.07) is 12.0. The lowest BCUT2D eigenvalue weighted by atomic mass is 10.1. The lowest BCUT2D eigenvalue weighted by molar-refractivity contribution is 0.0827. The Bertz CT molecular complexity index is 848. The number of carbonyl (C=O) groups excluding carboxylic acids is 2. The van der Waals surface area contributed by atoms with Gasteiger partial charge in [0.1, 0.15) is 0 Å². The predicted octanol–water partition coefficient (Wildman–Crippen LogP) is 2.48. The van der Waals surface area contributed by atoms with Crippen molar-refractivity contribution in [2.45, 2.75) is 25.5 Å². The first-order valence-electron chi connectivity index (χ1n) is 8.52. The Morgan fingerprint density at radius 1 is 1.15 bits per heavy atom. The maximum absolute atomic E-state index is 12.5. The molecule has 0 aromatic heterocycles. The van der Waals surface area contributed by atoms with Crippen molar-refractivity contribution in [1.29, 1.82) is 0 Å². The molecule has 0 radical (unpaired) electrons. The highest BCUT2D eigenvalue weighted by Crippen LogP contribution is 2.31. The van der Waals surface area contributed by atoms with Crippen LogP contribution in [0.2, 0.25) is 0 Å². The Balaban J connectivity index is 1.75. The highest BCUT2D eigenvalue weighted by Gasteiger charge is 2.31. The van der Waals surface area contributed by atoms with Crippen molar-refractivity contribution in [2.24, 2.45) is 0 Å². The van der Waals surface area contributed by atoms with Crippen LogP contribution in [0, 0.1) is 6.92 Å². The number of nitrogens with one attached hydrogen (secondary N) is 2. The zero-order chi connectivity index (χ0) is 18.8. The van der Waals surface area contributed by atoms with Crippen LogP contribution in [0.15, 0.2) is 42.5 Å². The first kappa shape index (κ1) is 17.9. The fraction of sp³-hybridized carbons (Fsp3) is 0.300. The van der Waals surface area contributed by atoms with Crippen LogP contribution in [0.4, 0.5) is 10.5 Å². The Hall–Kier alpha value is -2.86. The number of carbonyl (C=O) groups is 2. The summed E-state index contributed by atoms with van der Waals surface area (Å²) in [6.45, 7) is 1.86. The van der Waals surface area contributed by atoms with E-state index in [2.05, 4.69) is 10.6 Å². The summed E-state index contributed by atoms with van der Waals surface area (Å²) < 4.78 is 0. The number of benzene rings is 2. The highest BCUT2D eigenvalue weighted by molar-refractivity contribution is 5.97. The number of amides is 3. The van der Waals surface area contributed by atoms with Gasteiger partial charge in [0.2, 0.25) is 0 Å². The van der Waals surface area contributed by atoms with E-state index >= 15 is 0 Å². The van der Waals surface area contributed by atoms with E-state index in [0.717, 1.165) is 16.7 Å². The molecule has 6 nitrogen and oxygen atoms in total. The monoisotopic (exact) mass is 353 g/mol. The van der Waals surface area contributed by atoms with Crippen LogP contribution >= 0.6 is 0 Å². The lowest BCUT2D eigenvalue weighted by Gasteiger charge is -2.19. The van der Waals surface area contributed by atoms with Gasteiger partial charge < -0.3 is 20.6 Å². The molecule has 1 aliphatic rings. The third-order valence-corrected chi connectivity index (χ3v) is 4.63. The van der Waals surface area contributed by atoms with Crippen LogP contribution in [-0.4, -0.2) is 42.1 Å². The van der Waals surface area contributed by atoms with Crippen molar-refractivity contribution in [2.75, 3.05) is 19.4 Å². The van der Waals surface area contributed by atoms with Gasteiger partial charge in [-0.3, -0.25) is 4.79 Å². The number of aliphatic hydroxyl groups is 1. The van der Waals surface area contributed by atoms with Gasteiger partial charge in [0, 0.05) is 31.8 Å². The summed E-state index contributed by atoms with van der Waals surface area (Å²) in [5.41, 5.74) is 3.89. The fourth-order valence-corrected chi connectivity index (χ4v) is 3.20. The van der Waals surface area contributed by atoms with E-state index in [1.54, 1.807) is 32.3 Å².